The largest absolute Gasteiger partial charge is 0.337 e. The fourth-order valence-corrected chi connectivity index (χ4v) is 3.88. The molecule has 0 bridgehead atoms. The van der Waals surface area contributed by atoms with E-state index in [2.05, 4.69) is 15.0 Å². The van der Waals surface area contributed by atoms with E-state index in [-0.39, 0.29) is 23.4 Å². The van der Waals surface area contributed by atoms with Crippen molar-refractivity contribution in [1.82, 2.24) is 24.6 Å². The normalized spacial score (nSPS) is 15.3. The Kier molecular flexibility index (Phi) is 4.37. The quantitative estimate of drug-likeness (QED) is 0.835. The molecule has 2 heterocycles. The topological polar surface area (TPSA) is 97.2 Å². The Bertz CT molecular complexity index is 842. The van der Waals surface area contributed by atoms with Gasteiger partial charge in [0.05, 0.1) is 23.7 Å². The zero-order chi connectivity index (χ0) is 17.3. The van der Waals surface area contributed by atoms with Gasteiger partial charge in [0.2, 0.25) is 15.9 Å². The van der Waals surface area contributed by atoms with E-state index in [9.17, 15) is 13.2 Å². The van der Waals surface area contributed by atoms with E-state index in [0.717, 1.165) is 5.56 Å². The van der Waals surface area contributed by atoms with Crippen LogP contribution in [0.4, 0.5) is 0 Å². The van der Waals surface area contributed by atoms with E-state index in [1.54, 1.807) is 41.0 Å². The highest BCUT2D eigenvalue weighted by atomic mass is 32.2. The number of aromatic nitrogens is 3. The lowest BCUT2D eigenvalue weighted by Gasteiger charge is -2.38. The second-order valence-corrected chi connectivity index (χ2v) is 7.66. The molecule has 1 N–H and O–H groups in total. The molecule has 0 atom stereocenters. The van der Waals surface area contributed by atoms with Gasteiger partial charge < -0.3 is 4.90 Å². The molecule has 1 aliphatic heterocycles. The first kappa shape index (κ1) is 16.6. The maximum atomic E-state index is 12.4. The first-order valence-electron chi connectivity index (χ1n) is 7.57. The Morgan fingerprint density at radius 2 is 2.08 bits per heavy atom. The van der Waals surface area contributed by atoms with Crippen LogP contribution in [0.1, 0.15) is 17.2 Å². The molecule has 3 rings (SSSR count). The lowest BCUT2D eigenvalue weighted by Crippen LogP contribution is -2.53. The second kappa shape index (κ2) is 6.33. The van der Waals surface area contributed by atoms with Crippen LogP contribution < -0.4 is 4.72 Å². The summed E-state index contributed by atoms with van der Waals surface area (Å²) >= 11 is 0. The summed E-state index contributed by atoms with van der Waals surface area (Å²) in [5, 5.41) is 7.62. The summed E-state index contributed by atoms with van der Waals surface area (Å²) in [4.78, 5) is 13.9. The number of carbonyl (C=O) groups excluding carboxylic acids is 1. The van der Waals surface area contributed by atoms with Crippen LogP contribution in [-0.4, -0.2) is 53.9 Å². The van der Waals surface area contributed by atoms with Crippen molar-refractivity contribution in [3.8, 4) is 0 Å². The van der Waals surface area contributed by atoms with Gasteiger partial charge >= 0.3 is 0 Å². The molecule has 128 valence electrons. The van der Waals surface area contributed by atoms with E-state index in [4.69, 9.17) is 0 Å². The Morgan fingerprint density at radius 3 is 2.75 bits per heavy atom. The van der Waals surface area contributed by atoms with Crippen LogP contribution in [0.25, 0.3) is 0 Å². The van der Waals surface area contributed by atoms with Crippen LogP contribution in [0.5, 0.6) is 0 Å². The number of amides is 1. The summed E-state index contributed by atoms with van der Waals surface area (Å²) in [6, 6.07) is 5.31. The number of aryl methyl sites for hydroxylation is 2. The number of sulfonamides is 1. The van der Waals surface area contributed by atoms with Gasteiger partial charge in [-0.15, -0.1) is 5.10 Å². The summed E-state index contributed by atoms with van der Waals surface area (Å²) in [5.74, 6) is -0.250. The summed E-state index contributed by atoms with van der Waals surface area (Å²) in [7, 11) is -3.71. The number of hydrogen-bond donors (Lipinski definition) is 1. The third-order valence-electron chi connectivity index (χ3n) is 4.08. The Balaban J connectivity index is 1.57. The van der Waals surface area contributed by atoms with Crippen molar-refractivity contribution in [3.05, 3.63) is 41.7 Å². The standard InChI is InChI=1S/C15H19N5O3S/c1-11-3-4-12(2)14(7-11)24(22,23)17-8-15(21)19-9-13(10-19)20-6-5-16-18-20/h3-7,13,17H,8-10H2,1-2H3. The van der Waals surface area contributed by atoms with E-state index < -0.39 is 10.0 Å². The highest BCUT2D eigenvalue weighted by molar-refractivity contribution is 7.89. The summed E-state index contributed by atoms with van der Waals surface area (Å²) in [5.41, 5.74) is 1.50. The zero-order valence-corrected chi connectivity index (χ0v) is 14.3. The van der Waals surface area contributed by atoms with Crippen LogP contribution in [0.3, 0.4) is 0 Å². The van der Waals surface area contributed by atoms with E-state index in [1.807, 2.05) is 13.0 Å². The van der Waals surface area contributed by atoms with Crippen LogP contribution in [-0.2, 0) is 14.8 Å². The molecule has 1 saturated heterocycles. The fourth-order valence-electron chi connectivity index (χ4n) is 2.58. The van der Waals surface area contributed by atoms with E-state index >= 15 is 0 Å². The molecule has 1 aliphatic rings. The maximum Gasteiger partial charge on any atom is 0.241 e. The highest BCUT2D eigenvalue weighted by Crippen LogP contribution is 2.20. The van der Waals surface area contributed by atoms with Gasteiger partial charge in [0.1, 0.15) is 0 Å². The maximum absolute atomic E-state index is 12.4. The fraction of sp³-hybridized carbons (Fsp3) is 0.400. The summed E-state index contributed by atoms with van der Waals surface area (Å²) in [6.07, 6.45) is 3.33. The van der Waals surface area contributed by atoms with Gasteiger partial charge in [0.15, 0.2) is 0 Å². The molecule has 1 amide bonds. The van der Waals surface area contributed by atoms with Crippen LogP contribution in [0.15, 0.2) is 35.5 Å². The SMILES string of the molecule is Cc1ccc(C)c(S(=O)(=O)NCC(=O)N2CC(n3ccnn3)C2)c1. The summed E-state index contributed by atoms with van der Waals surface area (Å²) < 4.78 is 28.9. The molecular weight excluding hydrogens is 330 g/mol. The predicted octanol–water partition coefficient (Wildman–Crippen LogP) is 0.257. The van der Waals surface area contributed by atoms with Gasteiger partial charge in [-0.2, -0.15) is 0 Å². The first-order valence-corrected chi connectivity index (χ1v) is 9.05. The molecule has 1 fully saturated rings. The van der Waals surface area contributed by atoms with E-state index in [1.165, 1.54) is 0 Å². The first-order chi connectivity index (χ1) is 11.4. The number of nitrogens with zero attached hydrogens (tertiary/aromatic N) is 4. The van der Waals surface area contributed by atoms with Crippen molar-refractivity contribution >= 4 is 15.9 Å². The number of hydrogen-bond acceptors (Lipinski definition) is 5. The number of benzene rings is 1. The average molecular weight is 349 g/mol. The number of rotatable bonds is 5. The molecule has 9 heteroatoms. The van der Waals surface area contributed by atoms with Gasteiger partial charge in [-0.3, -0.25) is 4.79 Å². The molecule has 1 aromatic carbocycles. The molecule has 0 radical (unpaired) electrons. The van der Waals surface area contributed by atoms with Crippen LogP contribution >= 0.6 is 0 Å². The van der Waals surface area contributed by atoms with Gasteiger partial charge in [-0.25, -0.2) is 17.8 Å². The zero-order valence-electron chi connectivity index (χ0n) is 13.5. The molecule has 0 aliphatic carbocycles. The Labute approximate surface area is 140 Å². The predicted molar refractivity (Wildman–Crippen MR) is 86.7 cm³/mol. The highest BCUT2D eigenvalue weighted by Gasteiger charge is 2.32. The lowest BCUT2D eigenvalue weighted by atomic mass is 10.1. The van der Waals surface area contributed by atoms with Gasteiger partial charge in [-0.05, 0) is 31.0 Å². The van der Waals surface area contributed by atoms with Crippen LogP contribution in [0, 0.1) is 13.8 Å². The molecule has 8 nitrogen and oxygen atoms in total. The number of carbonyl (C=O) groups is 1. The average Bonchev–Trinajstić information content (AvgIpc) is 3.00. The Morgan fingerprint density at radius 1 is 1.33 bits per heavy atom. The van der Waals surface area contributed by atoms with E-state index in [0.29, 0.717) is 18.7 Å². The third kappa shape index (κ3) is 3.31. The van der Waals surface area contributed by atoms with Crippen molar-refractivity contribution in [1.29, 1.82) is 0 Å². The Hall–Kier alpha value is -2.26. The van der Waals surface area contributed by atoms with Crippen molar-refractivity contribution in [2.24, 2.45) is 0 Å². The lowest BCUT2D eigenvalue weighted by molar-refractivity contribution is -0.135. The second-order valence-electron chi connectivity index (χ2n) is 5.93. The summed E-state index contributed by atoms with van der Waals surface area (Å²) in [6.45, 7) is 4.32. The molecular formula is C15H19N5O3S. The smallest absolute Gasteiger partial charge is 0.241 e. The molecule has 1 aromatic heterocycles. The minimum Gasteiger partial charge on any atom is -0.337 e. The van der Waals surface area contributed by atoms with Crippen molar-refractivity contribution in [2.75, 3.05) is 19.6 Å². The number of nitrogens with one attached hydrogen (secondary N) is 1. The number of likely N-dealkylation sites (tertiary alicyclic amines) is 1. The minimum absolute atomic E-state index is 0.104. The molecule has 0 spiro atoms. The molecule has 0 saturated carbocycles. The van der Waals surface area contributed by atoms with Crippen molar-refractivity contribution < 1.29 is 13.2 Å². The third-order valence-corrected chi connectivity index (χ3v) is 5.62. The van der Waals surface area contributed by atoms with Crippen molar-refractivity contribution in [3.63, 3.8) is 0 Å². The molecule has 24 heavy (non-hydrogen) atoms. The monoisotopic (exact) mass is 349 g/mol. The molecule has 0 unspecified atom stereocenters. The van der Waals surface area contributed by atoms with Crippen LogP contribution in [0.2, 0.25) is 0 Å². The van der Waals surface area contributed by atoms with Gasteiger partial charge in [0.25, 0.3) is 0 Å². The van der Waals surface area contributed by atoms with Gasteiger partial charge in [-0.1, -0.05) is 17.3 Å². The van der Waals surface area contributed by atoms with Gasteiger partial charge in [0, 0.05) is 19.3 Å². The minimum atomic E-state index is -3.71. The van der Waals surface area contributed by atoms with Crippen molar-refractivity contribution in [2.45, 2.75) is 24.8 Å². The molecule has 2 aromatic rings.